The van der Waals surface area contributed by atoms with E-state index in [0.29, 0.717) is 0 Å². The summed E-state index contributed by atoms with van der Waals surface area (Å²) in [5, 5.41) is 25.4. The van der Waals surface area contributed by atoms with Gasteiger partial charge < -0.3 is 10.1 Å². The second-order valence-corrected chi connectivity index (χ2v) is 5.62. The van der Waals surface area contributed by atoms with Crippen LogP contribution in [0.5, 0.6) is 0 Å². The van der Waals surface area contributed by atoms with Crippen LogP contribution in [0.25, 0.3) is 0 Å². The molecule has 0 aliphatic rings. The van der Waals surface area contributed by atoms with Gasteiger partial charge in [-0.2, -0.15) is 0 Å². The van der Waals surface area contributed by atoms with Gasteiger partial charge in [-0.1, -0.05) is 24.3 Å². The van der Waals surface area contributed by atoms with E-state index in [1.807, 2.05) is 31.2 Å². The van der Waals surface area contributed by atoms with Gasteiger partial charge in [-0.3, -0.25) is 20.2 Å². The van der Waals surface area contributed by atoms with Crippen LogP contribution < -0.4 is 5.32 Å². The molecular formula is C17H17N3O6. The topological polar surface area (TPSA) is 125 Å². The summed E-state index contributed by atoms with van der Waals surface area (Å²) < 4.78 is 4.63. The number of hydrogen-bond donors (Lipinski definition) is 1. The van der Waals surface area contributed by atoms with Crippen molar-refractivity contribution in [2.75, 3.05) is 12.4 Å². The van der Waals surface area contributed by atoms with Crippen LogP contribution in [-0.2, 0) is 4.74 Å². The van der Waals surface area contributed by atoms with Crippen molar-refractivity contribution in [2.45, 2.75) is 19.9 Å². The van der Waals surface area contributed by atoms with Crippen molar-refractivity contribution < 1.29 is 19.4 Å². The number of methoxy groups -OCH3 is 1. The number of carbonyl (C=O) groups excluding carboxylic acids is 1. The minimum Gasteiger partial charge on any atom is -0.465 e. The molecule has 0 spiro atoms. The van der Waals surface area contributed by atoms with E-state index < -0.39 is 27.2 Å². The molecule has 9 heteroatoms. The first-order chi connectivity index (χ1) is 12.3. The van der Waals surface area contributed by atoms with E-state index in [-0.39, 0.29) is 17.3 Å². The molecule has 1 unspecified atom stereocenters. The van der Waals surface area contributed by atoms with Crippen molar-refractivity contribution in [3.63, 3.8) is 0 Å². The first-order valence-corrected chi connectivity index (χ1v) is 7.63. The number of aryl methyl sites for hydroxylation is 1. The average molecular weight is 359 g/mol. The Balaban J connectivity index is 2.61. The van der Waals surface area contributed by atoms with E-state index in [0.717, 1.165) is 30.4 Å². The van der Waals surface area contributed by atoms with E-state index in [4.69, 9.17) is 0 Å². The van der Waals surface area contributed by atoms with Crippen LogP contribution in [0.3, 0.4) is 0 Å². The molecule has 0 fully saturated rings. The summed E-state index contributed by atoms with van der Waals surface area (Å²) in [6.45, 7) is 3.66. The van der Waals surface area contributed by atoms with E-state index >= 15 is 0 Å². The van der Waals surface area contributed by atoms with Crippen molar-refractivity contribution >= 4 is 23.0 Å². The van der Waals surface area contributed by atoms with Crippen LogP contribution in [0.15, 0.2) is 36.4 Å². The molecule has 0 radical (unpaired) electrons. The molecule has 0 heterocycles. The fraction of sp³-hybridized carbons (Fsp3) is 0.235. The molecule has 0 aromatic heterocycles. The lowest BCUT2D eigenvalue weighted by atomic mass is 10.0. The molecule has 0 bridgehead atoms. The Hall–Kier alpha value is -3.49. The third-order valence-electron chi connectivity index (χ3n) is 3.93. The first kappa shape index (κ1) is 18.8. The number of esters is 1. The van der Waals surface area contributed by atoms with E-state index in [1.54, 1.807) is 6.92 Å². The Kier molecular flexibility index (Phi) is 5.51. The fourth-order valence-corrected chi connectivity index (χ4v) is 2.65. The zero-order chi connectivity index (χ0) is 19.4. The van der Waals surface area contributed by atoms with Crippen molar-refractivity contribution in [3.8, 4) is 0 Å². The fourth-order valence-electron chi connectivity index (χ4n) is 2.65. The van der Waals surface area contributed by atoms with Crippen LogP contribution >= 0.6 is 0 Å². The first-order valence-electron chi connectivity index (χ1n) is 7.63. The lowest BCUT2D eigenvalue weighted by Crippen LogP contribution is -2.15. The standard InChI is InChI=1S/C17H17N3O6/c1-10-6-4-5-7-13(10)11(2)18-16-14(17(21)26-3)8-12(19(22)23)9-15(16)20(24)25/h4-9,11,18H,1-3H3. The zero-order valence-electron chi connectivity index (χ0n) is 14.4. The smallest absolute Gasteiger partial charge is 0.340 e. The van der Waals surface area contributed by atoms with Gasteiger partial charge in [0.2, 0.25) is 0 Å². The van der Waals surface area contributed by atoms with Gasteiger partial charge >= 0.3 is 5.97 Å². The normalized spacial score (nSPS) is 11.5. The van der Waals surface area contributed by atoms with Crippen LogP contribution in [0.2, 0.25) is 0 Å². The Morgan fingerprint density at radius 2 is 1.81 bits per heavy atom. The monoisotopic (exact) mass is 359 g/mol. The quantitative estimate of drug-likeness (QED) is 0.473. The summed E-state index contributed by atoms with van der Waals surface area (Å²) in [7, 11) is 1.10. The van der Waals surface area contributed by atoms with Gasteiger partial charge in [0.1, 0.15) is 5.69 Å². The SMILES string of the molecule is COC(=O)c1cc([N+](=O)[O-])cc([N+](=O)[O-])c1NC(C)c1ccccc1C. The van der Waals surface area contributed by atoms with Gasteiger partial charge in [-0.05, 0) is 25.0 Å². The molecule has 0 saturated heterocycles. The number of nitrogens with one attached hydrogen (secondary N) is 1. The van der Waals surface area contributed by atoms with Crippen molar-refractivity contribution in [3.05, 3.63) is 73.3 Å². The highest BCUT2D eigenvalue weighted by Gasteiger charge is 2.29. The maximum Gasteiger partial charge on any atom is 0.340 e. The Morgan fingerprint density at radius 1 is 1.15 bits per heavy atom. The van der Waals surface area contributed by atoms with Crippen molar-refractivity contribution in [1.82, 2.24) is 0 Å². The molecule has 2 aromatic carbocycles. The van der Waals surface area contributed by atoms with Gasteiger partial charge in [0, 0.05) is 12.1 Å². The Bertz CT molecular complexity index is 881. The molecule has 136 valence electrons. The molecule has 9 nitrogen and oxygen atoms in total. The largest absolute Gasteiger partial charge is 0.465 e. The summed E-state index contributed by atoms with van der Waals surface area (Å²) in [6, 6.07) is 8.82. The molecule has 0 saturated carbocycles. The number of nitro benzene ring substituents is 2. The van der Waals surface area contributed by atoms with Crippen LogP contribution in [0.1, 0.15) is 34.5 Å². The highest BCUT2D eigenvalue weighted by Crippen LogP contribution is 2.36. The molecular weight excluding hydrogens is 342 g/mol. The van der Waals surface area contributed by atoms with Crippen LogP contribution in [0.4, 0.5) is 17.1 Å². The molecule has 26 heavy (non-hydrogen) atoms. The number of hydrogen-bond acceptors (Lipinski definition) is 7. The number of non-ortho nitro benzene ring substituents is 1. The number of anilines is 1. The lowest BCUT2D eigenvalue weighted by molar-refractivity contribution is -0.393. The van der Waals surface area contributed by atoms with Gasteiger partial charge in [0.15, 0.2) is 0 Å². The Labute approximate surface area is 148 Å². The highest BCUT2D eigenvalue weighted by molar-refractivity contribution is 5.99. The number of rotatable bonds is 6. The second-order valence-electron chi connectivity index (χ2n) is 5.62. The third kappa shape index (κ3) is 3.77. The lowest BCUT2D eigenvalue weighted by Gasteiger charge is -2.19. The van der Waals surface area contributed by atoms with Crippen LogP contribution in [0, 0.1) is 27.2 Å². The molecule has 0 amide bonds. The van der Waals surface area contributed by atoms with E-state index in [9.17, 15) is 25.0 Å². The molecule has 2 aromatic rings. The summed E-state index contributed by atoms with van der Waals surface area (Å²) in [6.07, 6.45) is 0. The number of ether oxygens (including phenoxy) is 1. The summed E-state index contributed by atoms with van der Waals surface area (Å²) >= 11 is 0. The second kappa shape index (κ2) is 7.60. The van der Waals surface area contributed by atoms with Gasteiger partial charge in [-0.25, -0.2) is 4.79 Å². The predicted molar refractivity (Wildman–Crippen MR) is 94.3 cm³/mol. The molecule has 0 aliphatic heterocycles. The summed E-state index contributed by atoms with van der Waals surface area (Å²) in [5.74, 6) is -0.906. The third-order valence-corrected chi connectivity index (χ3v) is 3.93. The average Bonchev–Trinajstić information content (AvgIpc) is 2.60. The zero-order valence-corrected chi connectivity index (χ0v) is 14.4. The van der Waals surface area contributed by atoms with Gasteiger partial charge in [-0.15, -0.1) is 0 Å². The molecule has 1 N–H and O–H groups in total. The van der Waals surface area contributed by atoms with E-state index in [2.05, 4.69) is 10.1 Å². The minimum atomic E-state index is -0.906. The summed E-state index contributed by atoms with van der Waals surface area (Å²) in [5.41, 5.74) is 0.302. The van der Waals surface area contributed by atoms with Gasteiger partial charge in [0.25, 0.3) is 11.4 Å². The van der Waals surface area contributed by atoms with Crippen LogP contribution in [-0.4, -0.2) is 22.9 Å². The van der Waals surface area contributed by atoms with E-state index in [1.165, 1.54) is 0 Å². The number of benzene rings is 2. The number of carbonyl (C=O) groups is 1. The van der Waals surface area contributed by atoms with Crippen molar-refractivity contribution in [1.29, 1.82) is 0 Å². The number of nitrogens with zero attached hydrogens (tertiary/aromatic N) is 2. The molecule has 0 aliphatic carbocycles. The molecule has 2 rings (SSSR count). The van der Waals surface area contributed by atoms with Crippen molar-refractivity contribution in [2.24, 2.45) is 0 Å². The number of nitro groups is 2. The Morgan fingerprint density at radius 3 is 2.35 bits per heavy atom. The maximum absolute atomic E-state index is 12.1. The predicted octanol–water partition coefficient (Wildman–Crippen LogP) is 3.77. The highest BCUT2D eigenvalue weighted by atomic mass is 16.6. The van der Waals surface area contributed by atoms with Gasteiger partial charge in [0.05, 0.1) is 28.6 Å². The maximum atomic E-state index is 12.1. The minimum absolute atomic E-state index is 0.122. The molecule has 1 atom stereocenters. The summed E-state index contributed by atoms with van der Waals surface area (Å²) in [4.78, 5) is 33.0.